The van der Waals surface area contributed by atoms with Crippen LogP contribution >= 0.6 is 11.8 Å². The lowest BCUT2D eigenvalue weighted by atomic mass is 10.1. The van der Waals surface area contributed by atoms with Crippen molar-refractivity contribution in [2.24, 2.45) is 0 Å². The van der Waals surface area contributed by atoms with Crippen molar-refractivity contribution in [1.82, 2.24) is 5.32 Å². The predicted octanol–water partition coefficient (Wildman–Crippen LogP) is 2.32. The molecule has 0 aromatic heterocycles. The summed E-state index contributed by atoms with van der Waals surface area (Å²) < 4.78 is 10.5. The molecule has 2 aromatic carbocycles. The van der Waals surface area contributed by atoms with Crippen molar-refractivity contribution >= 4 is 29.3 Å². The Morgan fingerprint density at radius 3 is 2.78 bits per heavy atom. The van der Waals surface area contributed by atoms with E-state index in [0.29, 0.717) is 22.7 Å². The number of fused-ring (bicyclic) bond motifs is 1. The van der Waals surface area contributed by atoms with Crippen LogP contribution in [0.1, 0.15) is 18.1 Å². The average Bonchev–Trinajstić information content (AvgIpc) is 3.15. The second kappa shape index (κ2) is 8.79. The number of amides is 2. The van der Waals surface area contributed by atoms with Crippen LogP contribution in [-0.2, 0) is 9.59 Å². The highest BCUT2D eigenvalue weighted by molar-refractivity contribution is 7.98. The molecule has 8 heteroatoms. The first kappa shape index (κ1) is 19.1. The highest BCUT2D eigenvalue weighted by Gasteiger charge is 2.18. The van der Waals surface area contributed by atoms with Gasteiger partial charge in [-0.05, 0) is 48.6 Å². The van der Waals surface area contributed by atoms with Crippen LogP contribution in [0.4, 0.5) is 5.69 Å². The molecule has 1 heterocycles. The van der Waals surface area contributed by atoms with Gasteiger partial charge in [0, 0.05) is 17.1 Å². The molecule has 1 aliphatic rings. The first-order valence-electron chi connectivity index (χ1n) is 8.37. The molecule has 0 saturated carbocycles. The van der Waals surface area contributed by atoms with Gasteiger partial charge in [0.15, 0.2) is 11.5 Å². The molecule has 0 bridgehead atoms. The van der Waals surface area contributed by atoms with Gasteiger partial charge >= 0.3 is 11.8 Å². The molecule has 0 spiro atoms. The van der Waals surface area contributed by atoms with Crippen molar-refractivity contribution in [3.8, 4) is 11.5 Å². The van der Waals surface area contributed by atoms with Gasteiger partial charge < -0.3 is 25.2 Å². The number of thioether (sulfide) groups is 1. The van der Waals surface area contributed by atoms with E-state index < -0.39 is 17.9 Å². The Hall–Kier alpha value is -2.71. The molecule has 7 nitrogen and oxygen atoms in total. The van der Waals surface area contributed by atoms with Crippen molar-refractivity contribution in [2.45, 2.75) is 17.4 Å². The van der Waals surface area contributed by atoms with Crippen LogP contribution in [0.3, 0.4) is 0 Å². The second-order valence-corrected chi connectivity index (χ2v) is 6.74. The van der Waals surface area contributed by atoms with E-state index in [1.54, 1.807) is 48.2 Å². The largest absolute Gasteiger partial charge is 0.454 e. The number of carbonyl (C=O) groups excluding carboxylic acids is 2. The summed E-state index contributed by atoms with van der Waals surface area (Å²) >= 11 is 1.54. The molecule has 1 aliphatic heterocycles. The molecule has 3 rings (SSSR count). The van der Waals surface area contributed by atoms with E-state index in [1.807, 2.05) is 12.3 Å². The highest BCUT2D eigenvalue weighted by Crippen LogP contribution is 2.34. The van der Waals surface area contributed by atoms with Gasteiger partial charge in [-0.15, -0.1) is 11.8 Å². The minimum absolute atomic E-state index is 0.159. The highest BCUT2D eigenvalue weighted by atomic mass is 32.2. The third-order valence-electron chi connectivity index (χ3n) is 4.02. The zero-order chi connectivity index (χ0) is 19.2. The summed E-state index contributed by atoms with van der Waals surface area (Å²) in [6.07, 6.45) is 1.40. The van der Waals surface area contributed by atoms with Crippen molar-refractivity contribution in [3.05, 3.63) is 48.0 Å². The topological polar surface area (TPSA) is 96.9 Å². The molecule has 0 saturated heterocycles. The van der Waals surface area contributed by atoms with Crippen LogP contribution in [0.5, 0.6) is 11.5 Å². The van der Waals surface area contributed by atoms with E-state index >= 15 is 0 Å². The number of benzene rings is 2. The molecular weight excluding hydrogens is 368 g/mol. The summed E-state index contributed by atoms with van der Waals surface area (Å²) in [7, 11) is 0. The number of ether oxygens (including phenoxy) is 2. The Morgan fingerprint density at radius 1 is 1.15 bits per heavy atom. The van der Waals surface area contributed by atoms with E-state index in [9.17, 15) is 14.7 Å². The lowest BCUT2D eigenvalue weighted by Crippen LogP contribution is -2.36. The first-order chi connectivity index (χ1) is 13.1. The minimum Gasteiger partial charge on any atom is -0.454 e. The van der Waals surface area contributed by atoms with Gasteiger partial charge in [0.25, 0.3) is 0 Å². The Bertz CT molecular complexity index is 843. The normalized spacial score (nSPS) is 13.1. The quantitative estimate of drug-likeness (QED) is 0.519. The fourth-order valence-corrected chi connectivity index (χ4v) is 3.04. The van der Waals surface area contributed by atoms with E-state index in [0.717, 1.165) is 4.90 Å². The third kappa shape index (κ3) is 4.93. The summed E-state index contributed by atoms with van der Waals surface area (Å²) in [5.74, 6) is -0.267. The average molecular weight is 388 g/mol. The van der Waals surface area contributed by atoms with Gasteiger partial charge in [0.1, 0.15) is 0 Å². The van der Waals surface area contributed by atoms with Gasteiger partial charge in [-0.25, -0.2) is 0 Å². The number of hydrogen-bond acceptors (Lipinski definition) is 6. The Labute approximate surface area is 161 Å². The van der Waals surface area contributed by atoms with E-state index in [2.05, 4.69) is 10.6 Å². The lowest BCUT2D eigenvalue weighted by molar-refractivity contribution is -0.136. The van der Waals surface area contributed by atoms with Gasteiger partial charge in [0.2, 0.25) is 6.79 Å². The summed E-state index contributed by atoms with van der Waals surface area (Å²) in [6.45, 7) is 0.326. The summed E-state index contributed by atoms with van der Waals surface area (Å²) in [6, 6.07) is 12.4. The van der Waals surface area contributed by atoms with Crippen molar-refractivity contribution in [2.75, 3.05) is 24.9 Å². The first-order valence-corrected chi connectivity index (χ1v) is 9.60. The maximum Gasteiger partial charge on any atom is 0.313 e. The number of anilines is 1. The lowest BCUT2D eigenvalue weighted by Gasteiger charge is -2.12. The molecule has 27 heavy (non-hydrogen) atoms. The number of nitrogens with one attached hydrogen (secondary N) is 2. The summed E-state index contributed by atoms with van der Waals surface area (Å²) in [5.41, 5.74) is 1.22. The third-order valence-corrected chi connectivity index (χ3v) is 4.74. The molecule has 0 aliphatic carbocycles. The minimum atomic E-state index is -0.791. The van der Waals surface area contributed by atoms with Crippen molar-refractivity contribution in [1.29, 1.82) is 0 Å². The summed E-state index contributed by atoms with van der Waals surface area (Å²) in [4.78, 5) is 24.9. The van der Waals surface area contributed by atoms with Gasteiger partial charge in [0.05, 0.1) is 6.10 Å². The molecule has 142 valence electrons. The standard InChI is InChI=1S/C19H20N2O5S/c1-27-14-4-2-3-13(10-14)21-19(24)18(23)20-8-7-15(22)12-5-6-16-17(9-12)26-11-25-16/h2-6,9-10,15,22H,7-8,11H2,1H3,(H,20,23)(H,21,24). The van der Waals surface area contributed by atoms with Crippen LogP contribution in [0.2, 0.25) is 0 Å². The smallest absolute Gasteiger partial charge is 0.313 e. The van der Waals surface area contributed by atoms with E-state index in [-0.39, 0.29) is 19.8 Å². The molecule has 1 unspecified atom stereocenters. The molecular formula is C19H20N2O5S. The Kier molecular flexibility index (Phi) is 6.20. The fraction of sp³-hybridized carbons (Fsp3) is 0.263. The van der Waals surface area contributed by atoms with Crippen LogP contribution < -0.4 is 20.1 Å². The maximum atomic E-state index is 12.0. The fourth-order valence-electron chi connectivity index (χ4n) is 2.58. The number of rotatable bonds is 6. The summed E-state index contributed by atoms with van der Waals surface area (Å²) in [5, 5.41) is 15.3. The van der Waals surface area contributed by atoms with E-state index in [4.69, 9.17) is 9.47 Å². The van der Waals surface area contributed by atoms with Gasteiger partial charge in [-0.1, -0.05) is 12.1 Å². The maximum absolute atomic E-state index is 12.0. The molecule has 1 atom stereocenters. The molecule has 2 aromatic rings. The molecule has 0 fully saturated rings. The monoisotopic (exact) mass is 388 g/mol. The predicted molar refractivity (Wildman–Crippen MR) is 102 cm³/mol. The molecule has 2 amide bonds. The van der Waals surface area contributed by atoms with E-state index in [1.165, 1.54) is 0 Å². The zero-order valence-electron chi connectivity index (χ0n) is 14.7. The van der Waals surface area contributed by atoms with Crippen LogP contribution in [0.25, 0.3) is 0 Å². The van der Waals surface area contributed by atoms with Crippen LogP contribution in [0.15, 0.2) is 47.4 Å². The van der Waals surface area contributed by atoms with Gasteiger partial charge in [-0.3, -0.25) is 9.59 Å². The van der Waals surface area contributed by atoms with Gasteiger partial charge in [-0.2, -0.15) is 0 Å². The van der Waals surface area contributed by atoms with Crippen LogP contribution in [-0.4, -0.2) is 36.5 Å². The van der Waals surface area contributed by atoms with Crippen molar-refractivity contribution < 1.29 is 24.2 Å². The number of aliphatic hydroxyl groups excluding tert-OH is 1. The SMILES string of the molecule is CSc1cccc(NC(=O)C(=O)NCCC(O)c2ccc3c(c2)OCO3)c1. The Morgan fingerprint density at radius 2 is 1.96 bits per heavy atom. The molecule has 3 N–H and O–H groups in total. The Balaban J connectivity index is 1.46. The zero-order valence-corrected chi connectivity index (χ0v) is 15.5. The number of carbonyl (C=O) groups is 2. The number of hydrogen-bond donors (Lipinski definition) is 3. The van der Waals surface area contributed by atoms with Crippen molar-refractivity contribution in [3.63, 3.8) is 0 Å². The van der Waals surface area contributed by atoms with Crippen LogP contribution in [0, 0.1) is 0 Å². The second-order valence-electron chi connectivity index (χ2n) is 5.86. The number of aliphatic hydroxyl groups is 1. The molecule has 0 radical (unpaired) electrons.